The Balaban J connectivity index is 0.000000137. The van der Waals surface area contributed by atoms with Crippen molar-refractivity contribution in [1.29, 1.82) is 0 Å². The van der Waals surface area contributed by atoms with E-state index in [0.29, 0.717) is 151 Å². The molecule has 0 radical (unpaired) electrons. The minimum absolute atomic E-state index is 0.109. The van der Waals surface area contributed by atoms with Crippen LogP contribution in [0.2, 0.25) is 0 Å². The molecule has 7 amide bonds. The van der Waals surface area contributed by atoms with Gasteiger partial charge in [0, 0.05) is 116 Å². The topological polar surface area (TPSA) is 300 Å². The van der Waals surface area contributed by atoms with E-state index < -0.39 is 11.9 Å². The molecule has 102 heavy (non-hydrogen) atoms. The number of Topliss-reactive ketones (excluding diaryl/α,β-unsaturated/α-hetero) is 1. The summed E-state index contributed by atoms with van der Waals surface area (Å²) in [6, 6.07) is 43.5. The molecule has 3 fully saturated rings. The van der Waals surface area contributed by atoms with Crippen molar-refractivity contribution in [1.82, 2.24) is 29.3 Å². The van der Waals surface area contributed by atoms with Crippen molar-refractivity contribution in [2.45, 2.75) is 84.0 Å². The van der Waals surface area contributed by atoms with Crippen molar-refractivity contribution < 1.29 is 62.5 Å². The average molecular weight is 1380 g/mol. The van der Waals surface area contributed by atoms with Gasteiger partial charge in [-0.15, -0.1) is 0 Å². The molecule has 3 saturated heterocycles. The second-order valence-corrected chi connectivity index (χ2v) is 25.3. The van der Waals surface area contributed by atoms with Gasteiger partial charge in [0.05, 0.1) is 38.4 Å². The number of benzene rings is 6. The fourth-order valence-corrected chi connectivity index (χ4v) is 13.9. The van der Waals surface area contributed by atoms with Gasteiger partial charge in [-0.3, -0.25) is 38.4 Å². The molecule has 6 aromatic carbocycles. The summed E-state index contributed by atoms with van der Waals surface area (Å²) in [5.74, 6) is -0.418. The molecule has 0 spiro atoms. The van der Waals surface area contributed by atoms with Gasteiger partial charge < -0.3 is 54.5 Å². The van der Waals surface area contributed by atoms with Gasteiger partial charge >= 0.3 is 5.97 Å². The molecular weight excluding hydrogens is 1300 g/mol. The predicted molar refractivity (Wildman–Crippen MR) is 380 cm³/mol. The first-order valence-electron chi connectivity index (χ1n) is 33.9. The highest BCUT2D eigenvalue weighted by Crippen LogP contribution is 2.36. The number of primary amides is 1. The highest BCUT2D eigenvalue weighted by atomic mass is 16.5. The number of ether oxygens (including phenoxy) is 3. The number of methoxy groups -OCH3 is 3. The minimum atomic E-state index is -1.17. The van der Waals surface area contributed by atoms with E-state index in [0.717, 1.165) is 67.8 Å². The van der Waals surface area contributed by atoms with Crippen LogP contribution in [0, 0.1) is 0 Å². The zero-order valence-electron chi connectivity index (χ0n) is 56.9. The third-order valence-electron chi connectivity index (χ3n) is 19.2. The highest BCUT2D eigenvalue weighted by molar-refractivity contribution is 6.12. The number of carboxylic acid groups (broad SMARTS) is 1. The van der Waals surface area contributed by atoms with Gasteiger partial charge in [0.1, 0.15) is 40.0 Å². The van der Waals surface area contributed by atoms with Gasteiger partial charge in [0.2, 0.25) is 17.7 Å². The molecule has 522 valence electrons. The van der Waals surface area contributed by atoms with Crippen molar-refractivity contribution in [2.75, 3.05) is 90.0 Å². The van der Waals surface area contributed by atoms with E-state index in [-0.39, 0.29) is 58.3 Å². The highest BCUT2D eigenvalue weighted by Gasteiger charge is 2.39. The van der Waals surface area contributed by atoms with E-state index in [1.54, 1.807) is 116 Å². The molecular formula is C76H75N13O13. The Bertz CT molecular complexity index is 4260. The first-order chi connectivity index (χ1) is 49.4. The Morgan fingerprint density at radius 2 is 0.598 bits per heavy atom. The number of aromatic nitrogens is 6. The quantitative estimate of drug-likeness (QED) is 0.0902. The molecule has 0 atom stereocenters. The van der Waals surface area contributed by atoms with Gasteiger partial charge in [0.25, 0.3) is 23.6 Å². The maximum Gasteiger partial charge on any atom is 0.356 e. The monoisotopic (exact) mass is 1380 g/mol. The van der Waals surface area contributed by atoms with Crippen LogP contribution >= 0.6 is 0 Å². The summed E-state index contributed by atoms with van der Waals surface area (Å²) in [7, 11) is 4.72. The largest absolute Gasteiger partial charge is 0.497 e. The molecule has 6 aliphatic heterocycles. The Kier molecular flexibility index (Phi) is 19.6. The Morgan fingerprint density at radius 3 is 0.863 bits per heavy atom. The lowest BCUT2D eigenvalue weighted by Crippen LogP contribution is -2.39. The van der Waals surface area contributed by atoms with E-state index in [4.69, 9.17) is 19.9 Å². The van der Waals surface area contributed by atoms with Gasteiger partial charge in [-0.25, -0.2) is 18.8 Å². The van der Waals surface area contributed by atoms with Crippen LogP contribution in [0.1, 0.15) is 144 Å². The summed E-state index contributed by atoms with van der Waals surface area (Å²) in [6.07, 6.45) is 8.75. The Morgan fingerprint density at radius 1 is 0.343 bits per heavy atom. The maximum absolute atomic E-state index is 13.7. The van der Waals surface area contributed by atoms with Gasteiger partial charge in [-0.1, -0.05) is 0 Å². The lowest BCUT2D eigenvalue weighted by molar-refractivity contribution is -0.120. The zero-order valence-corrected chi connectivity index (χ0v) is 56.9. The summed E-state index contributed by atoms with van der Waals surface area (Å²) in [6.45, 7) is 4.77. The molecule has 0 aliphatic carbocycles. The van der Waals surface area contributed by atoms with E-state index in [1.165, 1.54) is 16.3 Å². The SMILES string of the molecule is COc1ccc(-n2nc(C(=O)O)c3c2C(=O)N(c2ccc(N4CCCCC4=O)cc2)CC3)cc1.COc1ccc(-n2nc(C(C)=O)c3c2C(=O)N(c2ccc(N4CCCCC4=O)cc2)CC3)cc1.COc1ccc(-n2nc(C(N)=O)c3c2C(=O)N(c2ccc(N4CCCCC4=O)cc2)CC3)cc1. The number of hydrogen-bond donors (Lipinski definition) is 2. The molecule has 0 bridgehead atoms. The van der Waals surface area contributed by atoms with E-state index >= 15 is 0 Å². The number of hydrogen-bond acceptors (Lipinski definition) is 15. The van der Waals surface area contributed by atoms with Gasteiger partial charge in [-0.2, -0.15) is 15.3 Å². The zero-order chi connectivity index (χ0) is 71.5. The molecule has 3 aromatic heterocycles. The summed E-state index contributed by atoms with van der Waals surface area (Å²) in [5.41, 5.74) is 15.0. The predicted octanol–water partition coefficient (Wildman–Crippen LogP) is 9.80. The molecule has 6 aliphatic rings. The first-order valence-corrected chi connectivity index (χ1v) is 33.9. The fourth-order valence-electron chi connectivity index (χ4n) is 13.9. The average Bonchev–Trinajstić information content (AvgIpc) is 1.59. The van der Waals surface area contributed by atoms with Crippen LogP contribution in [0.25, 0.3) is 17.1 Å². The van der Waals surface area contributed by atoms with Crippen LogP contribution < -0.4 is 49.3 Å². The smallest absolute Gasteiger partial charge is 0.356 e. The van der Waals surface area contributed by atoms with Gasteiger partial charge in [0.15, 0.2) is 17.2 Å². The maximum atomic E-state index is 13.7. The number of rotatable bonds is 15. The standard InChI is InChI=1S/C26H26N4O4.C25H25N5O4.C25H24N4O5/c1-17(31)24-22-14-16-29(19-8-6-18(7-9-19)28-15-4-3-5-23(28)32)26(33)25(22)30(27-24)20-10-12-21(34-2)13-11-20;1-34-19-11-9-18(10-12-19)30-23-20(22(27-30)24(26)32)13-15-29(25(23)33)17-7-5-16(6-8-17)28-14-3-2-4-21(28)31;1-34-19-11-9-18(10-12-19)29-23-20(22(26-29)25(32)33)13-15-28(24(23)31)17-7-5-16(6-8-17)27-14-3-2-4-21(27)30/h6-13H,3-5,14-16H2,1-2H3;5-12H,2-4,13-15H2,1H3,(H2,26,32);5-12H,2-4,13-15H2,1H3,(H,32,33). The molecule has 9 aromatic rings. The van der Waals surface area contributed by atoms with Crippen LogP contribution in [-0.4, -0.2) is 148 Å². The van der Waals surface area contributed by atoms with Crippen LogP contribution in [0.5, 0.6) is 17.2 Å². The number of amides is 7. The van der Waals surface area contributed by atoms with E-state index in [2.05, 4.69) is 15.3 Å². The lowest BCUT2D eigenvalue weighted by atomic mass is 10.0. The molecule has 9 heterocycles. The summed E-state index contributed by atoms with van der Waals surface area (Å²) < 4.78 is 20.1. The second-order valence-electron chi connectivity index (χ2n) is 25.3. The lowest BCUT2D eigenvalue weighted by Gasteiger charge is -2.29. The van der Waals surface area contributed by atoms with Crippen LogP contribution in [0.3, 0.4) is 0 Å². The Labute approximate surface area is 586 Å². The number of nitrogens with zero attached hydrogens (tertiary/aromatic N) is 12. The van der Waals surface area contributed by atoms with Crippen LogP contribution in [-0.2, 0) is 33.6 Å². The summed E-state index contributed by atoms with van der Waals surface area (Å²) >= 11 is 0. The van der Waals surface area contributed by atoms with E-state index in [1.807, 2.05) is 84.9 Å². The third kappa shape index (κ3) is 13.4. The number of nitrogens with two attached hydrogens (primary N) is 1. The first kappa shape index (κ1) is 68.3. The van der Waals surface area contributed by atoms with Crippen LogP contribution in [0.15, 0.2) is 146 Å². The van der Waals surface area contributed by atoms with Crippen molar-refractivity contribution in [3.63, 3.8) is 0 Å². The second kappa shape index (κ2) is 29.3. The molecule has 26 nitrogen and oxygen atoms in total. The Hall–Kier alpha value is -12.2. The molecule has 0 unspecified atom stereocenters. The van der Waals surface area contributed by atoms with Crippen molar-refractivity contribution in [2.24, 2.45) is 5.73 Å². The number of ketones is 1. The third-order valence-corrected chi connectivity index (χ3v) is 19.2. The fraction of sp³-hybridized carbons (Fsp3) is 0.289. The number of piperidine rings is 3. The number of carboxylic acids is 1. The van der Waals surface area contributed by atoms with Crippen LogP contribution in [0.4, 0.5) is 34.1 Å². The molecule has 26 heteroatoms. The number of carbonyl (C=O) groups excluding carboxylic acids is 8. The van der Waals surface area contributed by atoms with Crippen molar-refractivity contribution in [3.05, 3.63) is 196 Å². The van der Waals surface area contributed by atoms with Crippen molar-refractivity contribution >= 4 is 87.2 Å². The van der Waals surface area contributed by atoms with Gasteiger partial charge in [-0.05, 0) is 203 Å². The summed E-state index contributed by atoms with van der Waals surface area (Å²) in [4.78, 5) is 124. The summed E-state index contributed by atoms with van der Waals surface area (Å²) in [5, 5.41) is 22.8. The molecule has 15 rings (SSSR count). The number of carbonyl (C=O) groups is 9. The normalized spacial score (nSPS) is 15.9. The van der Waals surface area contributed by atoms with Crippen molar-refractivity contribution in [3.8, 4) is 34.3 Å². The van der Waals surface area contributed by atoms with E-state index in [9.17, 15) is 48.3 Å². The molecule has 0 saturated carbocycles. The minimum Gasteiger partial charge on any atom is -0.497 e. The number of fused-ring (bicyclic) bond motifs is 3. The number of anilines is 6. The number of aromatic carboxylic acids is 1. The molecule has 3 N–H and O–H groups in total.